The van der Waals surface area contributed by atoms with Crippen LogP contribution in [-0.4, -0.2) is 9.78 Å². The summed E-state index contributed by atoms with van der Waals surface area (Å²) >= 11 is 0. The largest absolute Gasteiger partial charge is 0.382 e. The van der Waals surface area contributed by atoms with E-state index in [9.17, 15) is 0 Å². The predicted octanol–water partition coefficient (Wildman–Crippen LogP) is 3.82. The molecule has 1 aromatic heterocycles. The molecule has 0 spiro atoms. The van der Waals surface area contributed by atoms with Gasteiger partial charge >= 0.3 is 0 Å². The van der Waals surface area contributed by atoms with E-state index in [-0.39, 0.29) is 0 Å². The van der Waals surface area contributed by atoms with E-state index in [1.807, 2.05) is 22.9 Å². The molecule has 0 saturated heterocycles. The molecule has 0 atom stereocenters. The van der Waals surface area contributed by atoms with E-state index >= 15 is 0 Å². The van der Waals surface area contributed by atoms with Crippen molar-refractivity contribution in [1.29, 1.82) is 0 Å². The summed E-state index contributed by atoms with van der Waals surface area (Å²) in [6.07, 6.45) is 0. The second-order valence-corrected chi connectivity index (χ2v) is 5.20. The molecule has 4 aromatic rings. The van der Waals surface area contributed by atoms with Crippen LogP contribution < -0.4 is 5.73 Å². The molecule has 0 radical (unpaired) electrons. The number of fused-ring (bicyclic) bond motifs is 2. The lowest BCUT2D eigenvalue weighted by Gasteiger charge is -2.07. The molecule has 3 aromatic carbocycles. The lowest BCUT2D eigenvalue weighted by Crippen LogP contribution is -2.02. The van der Waals surface area contributed by atoms with Gasteiger partial charge in [-0.15, -0.1) is 0 Å². The number of rotatable bonds is 2. The highest BCUT2D eigenvalue weighted by Gasteiger charge is 2.08. The maximum absolute atomic E-state index is 6.01. The SMILES string of the molecule is Nc1nn(Cc2cccc3ccccc23)c2ccccc12. The first-order valence-corrected chi connectivity index (χ1v) is 7.00. The summed E-state index contributed by atoms with van der Waals surface area (Å²) in [6, 6.07) is 22.9. The Labute approximate surface area is 122 Å². The molecule has 2 N–H and O–H groups in total. The van der Waals surface area contributed by atoms with Gasteiger partial charge in [0.05, 0.1) is 12.1 Å². The maximum atomic E-state index is 6.01. The normalized spacial score (nSPS) is 11.2. The third-order valence-corrected chi connectivity index (χ3v) is 3.89. The van der Waals surface area contributed by atoms with Gasteiger partial charge in [-0.1, -0.05) is 54.6 Å². The Hall–Kier alpha value is -2.81. The molecule has 0 aliphatic carbocycles. The highest BCUT2D eigenvalue weighted by Crippen LogP contribution is 2.23. The molecular weight excluding hydrogens is 258 g/mol. The van der Waals surface area contributed by atoms with Crippen LogP contribution in [0.5, 0.6) is 0 Å². The molecule has 0 fully saturated rings. The van der Waals surface area contributed by atoms with Crippen molar-refractivity contribution in [2.75, 3.05) is 5.73 Å². The Balaban J connectivity index is 1.87. The molecule has 0 saturated carbocycles. The van der Waals surface area contributed by atoms with Gasteiger partial charge in [0.25, 0.3) is 0 Å². The van der Waals surface area contributed by atoms with Crippen LogP contribution in [0.15, 0.2) is 66.7 Å². The zero-order chi connectivity index (χ0) is 14.2. The van der Waals surface area contributed by atoms with E-state index in [1.54, 1.807) is 0 Å². The molecule has 102 valence electrons. The summed E-state index contributed by atoms with van der Waals surface area (Å²) in [7, 11) is 0. The highest BCUT2D eigenvalue weighted by molar-refractivity contribution is 5.89. The Kier molecular flexibility index (Phi) is 2.64. The van der Waals surface area contributed by atoms with Gasteiger partial charge in [-0.05, 0) is 28.5 Å². The molecule has 3 nitrogen and oxygen atoms in total. The number of hydrogen-bond acceptors (Lipinski definition) is 2. The van der Waals surface area contributed by atoms with Crippen molar-refractivity contribution in [3.05, 3.63) is 72.3 Å². The number of para-hydroxylation sites is 1. The van der Waals surface area contributed by atoms with Crippen LogP contribution in [-0.2, 0) is 6.54 Å². The molecule has 0 aliphatic rings. The number of anilines is 1. The third-order valence-electron chi connectivity index (χ3n) is 3.89. The average molecular weight is 273 g/mol. The van der Waals surface area contributed by atoms with E-state index < -0.39 is 0 Å². The first kappa shape index (κ1) is 12.0. The van der Waals surface area contributed by atoms with Crippen molar-refractivity contribution in [3.8, 4) is 0 Å². The quantitative estimate of drug-likeness (QED) is 0.603. The summed E-state index contributed by atoms with van der Waals surface area (Å²) in [6.45, 7) is 0.721. The minimum absolute atomic E-state index is 0.589. The van der Waals surface area contributed by atoms with Crippen LogP contribution in [0.2, 0.25) is 0 Å². The lowest BCUT2D eigenvalue weighted by atomic mass is 10.0. The van der Waals surface area contributed by atoms with Gasteiger partial charge in [0.1, 0.15) is 0 Å². The smallest absolute Gasteiger partial charge is 0.153 e. The fourth-order valence-electron chi connectivity index (χ4n) is 2.87. The zero-order valence-electron chi connectivity index (χ0n) is 11.5. The Morgan fingerprint density at radius 2 is 1.52 bits per heavy atom. The molecule has 0 aliphatic heterocycles. The van der Waals surface area contributed by atoms with Gasteiger partial charge in [-0.3, -0.25) is 4.68 Å². The van der Waals surface area contributed by atoms with Crippen LogP contribution in [0.25, 0.3) is 21.7 Å². The summed E-state index contributed by atoms with van der Waals surface area (Å²) in [5.74, 6) is 0.589. The van der Waals surface area contributed by atoms with E-state index in [1.165, 1.54) is 16.3 Å². The van der Waals surface area contributed by atoms with Crippen molar-refractivity contribution in [2.24, 2.45) is 0 Å². The summed E-state index contributed by atoms with van der Waals surface area (Å²) in [4.78, 5) is 0. The fraction of sp³-hybridized carbons (Fsp3) is 0.0556. The van der Waals surface area contributed by atoms with Crippen molar-refractivity contribution < 1.29 is 0 Å². The lowest BCUT2D eigenvalue weighted by molar-refractivity contribution is 0.720. The topological polar surface area (TPSA) is 43.8 Å². The van der Waals surface area contributed by atoms with Crippen LogP contribution in [0.1, 0.15) is 5.56 Å². The summed E-state index contributed by atoms with van der Waals surface area (Å²) in [5, 5.41) is 8.01. The first-order chi connectivity index (χ1) is 10.3. The Morgan fingerprint density at radius 3 is 2.43 bits per heavy atom. The summed E-state index contributed by atoms with van der Waals surface area (Å²) < 4.78 is 1.98. The van der Waals surface area contributed by atoms with Gasteiger partial charge in [0, 0.05) is 5.39 Å². The van der Waals surface area contributed by atoms with Crippen LogP contribution >= 0.6 is 0 Å². The Morgan fingerprint density at radius 1 is 0.810 bits per heavy atom. The zero-order valence-corrected chi connectivity index (χ0v) is 11.5. The van der Waals surface area contributed by atoms with Crippen LogP contribution in [0.3, 0.4) is 0 Å². The summed E-state index contributed by atoms with van der Waals surface area (Å²) in [5.41, 5.74) is 8.33. The number of benzene rings is 3. The monoisotopic (exact) mass is 273 g/mol. The van der Waals surface area contributed by atoms with Crippen molar-refractivity contribution in [1.82, 2.24) is 9.78 Å². The molecule has 0 bridgehead atoms. The van der Waals surface area contributed by atoms with E-state index in [0.29, 0.717) is 5.82 Å². The van der Waals surface area contributed by atoms with Crippen molar-refractivity contribution >= 4 is 27.5 Å². The van der Waals surface area contributed by atoms with Gasteiger partial charge in [0.2, 0.25) is 0 Å². The van der Waals surface area contributed by atoms with Gasteiger partial charge in [0.15, 0.2) is 5.82 Å². The number of hydrogen-bond donors (Lipinski definition) is 1. The van der Waals surface area contributed by atoms with E-state index in [2.05, 4.69) is 53.6 Å². The second kappa shape index (κ2) is 4.63. The molecule has 0 unspecified atom stereocenters. The van der Waals surface area contributed by atoms with Crippen molar-refractivity contribution in [2.45, 2.75) is 6.54 Å². The van der Waals surface area contributed by atoms with E-state index in [0.717, 1.165) is 17.4 Å². The molecule has 3 heteroatoms. The molecule has 21 heavy (non-hydrogen) atoms. The van der Waals surface area contributed by atoms with Crippen LogP contribution in [0.4, 0.5) is 5.82 Å². The van der Waals surface area contributed by atoms with E-state index in [4.69, 9.17) is 5.73 Å². The second-order valence-electron chi connectivity index (χ2n) is 5.20. The maximum Gasteiger partial charge on any atom is 0.153 e. The average Bonchev–Trinajstić information content (AvgIpc) is 2.85. The fourth-order valence-corrected chi connectivity index (χ4v) is 2.87. The number of nitrogens with zero attached hydrogens (tertiary/aromatic N) is 2. The Bertz CT molecular complexity index is 932. The van der Waals surface area contributed by atoms with Crippen molar-refractivity contribution in [3.63, 3.8) is 0 Å². The van der Waals surface area contributed by atoms with Gasteiger partial charge in [-0.25, -0.2) is 0 Å². The molecule has 4 rings (SSSR count). The number of nitrogen functional groups attached to an aromatic ring is 1. The highest BCUT2D eigenvalue weighted by atomic mass is 15.3. The minimum atomic E-state index is 0.589. The number of aromatic nitrogens is 2. The molecule has 1 heterocycles. The van der Waals surface area contributed by atoms with Crippen LogP contribution in [0, 0.1) is 0 Å². The van der Waals surface area contributed by atoms with Gasteiger partial charge < -0.3 is 5.73 Å². The molecule has 0 amide bonds. The minimum Gasteiger partial charge on any atom is -0.382 e. The standard InChI is InChI=1S/C18H15N3/c19-18-16-10-3-4-11-17(16)21(20-18)12-14-8-5-7-13-6-1-2-9-15(13)14/h1-11H,12H2,(H2,19,20). The third kappa shape index (κ3) is 1.94. The van der Waals surface area contributed by atoms with Gasteiger partial charge in [-0.2, -0.15) is 5.10 Å². The predicted molar refractivity (Wildman–Crippen MR) is 87.2 cm³/mol. The number of nitrogens with two attached hydrogens (primary N) is 1. The first-order valence-electron chi connectivity index (χ1n) is 7.00. The molecular formula is C18H15N3.